The zero-order valence-corrected chi connectivity index (χ0v) is 27.4. The lowest BCUT2D eigenvalue weighted by atomic mass is 10.0. The molecular formula is C26H29N11O7S3. The first-order valence-electron chi connectivity index (χ1n) is 14.1. The number of aliphatic hydroxyl groups excluding tert-OH is 1. The molecule has 0 aromatic carbocycles. The van der Waals surface area contributed by atoms with Crippen LogP contribution in [-0.2, 0) is 43.5 Å². The monoisotopic (exact) mass is 703 g/mol. The number of nitrogens with one attached hydrogen (secondary N) is 2. The van der Waals surface area contributed by atoms with Gasteiger partial charge in [0.2, 0.25) is 5.60 Å². The number of hydrogen-bond donors (Lipinski definition) is 6. The number of hydrazine groups is 1. The summed E-state index contributed by atoms with van der Waals surface area (Å²) in [6.07, 6.45) is 2.48. The number of aromatic nitrogens is 5. The van der Waals surface area contributed by atoms with Gasteiger partial charge in [-0.05, 0) is 38.7 Å². The van der Waals surface area contributed by atoms with Gasteiger partial charge in [0, 0.05) is 22.4 Å². The quantitative estimate of drug-likeness (QED) is 0.0271. The van der Waals surface area contributed by atoms with Crippen molar-refractivity contribution in [2.45, 2.75) is 61.8 Å². The molecule has 21 heteroatoms. The molecule has 6 rings (SSSR count). The van der Waals surface area contributed by atoms with E-state index in [1.165, 1.54) is 47.7 Å². The summed E-state index contributed by atoms with van der Waals surface area (Å²) in [4.78, 5) is 70.8. The SMILES string of the molecule is CC(C)(ON=C(C(=O)NC1C(=O)N2C(C(=O)O)=C(CSc3c4c(nc5nc(CO)nn35)CCC4)CS[C@@H]12)c1csc(N)n1)C(=O)NN. The maximum atomic E-state index is 13.4. The number of anilines is 1. The third-order valence-electron chi connectivity index (χ3n) is 7.59. The fourth-order valence-corrected chi connectivity index (χ4v) is 8.45. The van der Waals surface area contributed by atoms with E-state index in [1.807, 2.05) is 5.43 Å². The van der Waals surface area contributed by atoms with E-state index in [-0.39, 0.29) is 46.2 Å². The number of nitrogen functional groups attached to an aromatic ring is 1. The lowest BCUT2D eigenvalue weighted by molar-refractivity contribution is -0.150. The van der Waals surface area contributed by atoms with Gasteiger partial charge in [0.1, 0.15) is 34.4 Å². The van der Waals surface area contributed by atoms with E-state index >= 15 is 0 Å². The number of thioether (sulfide) groups is 2. The Hall–Kier alpha value is -4.31. The number of carbonyl (C=O) groups is 4. The molecule has 3 aromatic heterocycles. The molecule has 1 aliphatic carbocycles. The number of thiazole rings is 1. The van der Waals surface area contributed by atoms with Crippen LogP contribution in [-0.4, -0.2) is 97.6 Å². The molecule has 0 bridgehead atoms. The molecule has 1 fully saturated rings. The fourth-order valence-electron chi connectivity index (χ4n) is 5.23. The lowest BCUT2D eigenvalue weighted by Gasteiger charge is -2.49. The number of aliphatic carboxylic acids is 1. The molecule has 3 amide bonds. The van der Waals surface area contributed by atoms with E-state index < -0.39 is 40.7 Å². The predicted molar refractivity (Wildman–Crippen MR) is 170 cm³/mol. The maximum Gasteiger partial charge on any atom is 0.352 e. The Morgan fingerprint density at radius 1 is 1.26 bits per heavy atom. The number of carboxylic acid groups (broad SMARTS) is 1. The highest BCUT2D eigenvalue weighted by atomic mass is 32.2. The second-order valence-corrected chi connectivity index (χ2v) is 14.0. The summed E-state index contributed by atoms with van der Waals surface area (Å²) >= 11 is 3.73. The Morgan fingerprint density at radius 3 is 2.72 bits per heavy atom. The number of nitrogens with two attached hydrogens (primary N) is 2. The van der Waals surface area contributed by atoms with Gasteiger partial charge in [0.25, 0.3) is 23.5 Å². The van der Waals surface area contributed by atoms with Gasteiger partial charge in [-0.3, -0.25) is 24.7 Å². The van der Waals surface area contributed by atoms with E-state index in [9.17, 15) is 29.4 Å². The predicted octanol–water partition coefficient (Wildman–Crippen LogP) is -0.836. The number of rotatable bonds is 11. The first-order valence-corrected chi connectivity index (χ1v) is 17.0. The van der Waals surface area contributed by atoms with Crippen molar-refractivity contribution >= 4 is 75.2 Å². The second-order valence-electron chi connectivity index (χ2n) is 11.1. The van der Waals surface area contributed by atoms with Gasteiger partial charge in [-0.2, -0.15) is 9.50 Å². The summed E-state index contributed by atoms with van der Waals surface area (Å²) in [7, 11) is 0. The molecule has 2 atom stereocenters. The number of aryl methyl sites for hydroxylation is 1. The van der Waals surface area contributed by atoms with Crippen molar-refractivity contribution < 1.29 is 34.2 Å². The van der Waals surface area contributed by atoms with Gasteiger partial charge in [-0.15, -0.1) is 40.0 Å². The van der Waals surface area contributed by atoms with Gasteiger partial charge < -0.3 is 26.1 Å². The van der Waals surface area contributed by atoms with Gasteiger partial charge in [0.05, 0.1) is 5.69 Å². The number of carbonyl (C=O) groups excluding carboxylic acids is 3. The largest absolute Gasteiger partial charge is 0.477 e. The minimum atomic E-state index is -1.56. The number of oxime groups is 1. The Morgan fingerprint density at radius 2 is 2.04 bits per heavy atom. The van der Waals surface area contributed by atoms with Gasteiger partial charge in [0.15, 0.2) is 16.7 Å². The number of β-lactam (4-membered cyclic amide) rings is 1. The number of hydrogen-bond acceptors (Lipinski definition) is 16. The van der Waals surface area contributed by atoms with Crippen molar-refractivity contribution in [3.63, 3.8) is 0 Å². The van der Waals surface area contributed by atoms with Gasteiger partial charge >= 0.3 is 5.97 Å². The third-order valence-corrected chi connectivity index (χ3v) is 10.8. The molecule has 3 aliphatic rings. The summed E-state index contributed by atoms with van der Waals surface area (Å²) in [5.74, 6) is 2.87. The highest BCUT2D eigenvalue weighted by Crippen LogP contribution is 2.42. The lowest BCUT2D eigenvalue weighted by Crippen LogP contribution is -2.71. The van der Waals surface area contributed by atoms with E-state index in [2.05, 4.69) is 30.5 Å². The minimum absolute atomic E-state index is 0.0505. The smallest absolute Gasteiger partial charge is 0.352 e. The molecule has 248 valence electrons. The van der Waals surface area contributed by atoms with Crippen molar-refractivity contribution in [2.24, 2.45) is 11.0 Å². The summed E-state index contributed by atoms with van der Waals surface area (Å²) in [5.41, 5.74) is 8.14. The van der Waals surface area contributed by atoms with E-state index in [4.69, 9.17) is 16.4 Å². The van der Waals surface area contributed by atoms with Crippen LogP contribution in [0.5, 0.6) is 0 Å². The summed E-state index contributed by atoms with van der Waals surface area (Å²) in [5, 5.41) is 32.3. The third kappa shape index (κ3) is 5.99. The Balaban J connectivity index is 1.22. The Bertz CT molecular complexity index is 1870. The first-order chi connectivity index (χ1) is 22.4. The fraction of sp³-hybridized carbons (Fsp3) is 0.423. The molecule has 0 saturated carbocycles. The number of nitrogens with zero attached hydrogens (tertiary/aromatic N) is 7. The summed E-state index contributed by atoms with van der Waals surface area (Å²) in [6.45, 7) is 2.42. The van der Waals surface area contributed by atoms with Gasteiger partial charge in [-0.25, -0.2) is 20.6 Å². The molecule has 1 unspecified atom stereocenters. The van der Waals surface area contributed by atoms with Crippen LogP contribution in [0.4, 0.5) is 5.13 Å². The number of carboxylic acids is 1. The molecule has 47 heavy (non-hydrogen) atoms. The standard InChI is InChI=1S/C26H29N11O7S3/c1-26(2,23(43)33-28)44-35-15(13-9-47-24(27)29-13)18(39)32-16-19(40)36-17(22(41)42)10(8-46-21(16)36)7-45-20-11-4-3-5-12(11)30-25-31-14(6-38)34-37(20)25/h9,16,21,38H,3-8,28H2,1-2H3,(H2,27,29)(H,32,39)(H,33,43)(H,41,42)/t16?,21-/m0/s1. The molecule has 0 spiro atoms. The highest BCUT2D eigenvalue weighted by Gasteiger charge is 2.54. The molecule has 1 saturated heterocycles. The molecule has 2 aliphatic heterocycles. The molecule has 5 heterocycles. The van der Waals surface area contributed by atoms with Crippen molar-refractivity contribution in [1.29, 1.82) is 0 Å². The maximum absolute atomic E-state index is 13.4. The molecule has 0 radical (unpaired) electrons. The summed E-state index contributed by atoms with van der Waals surface area (Å²) in [6, 6.07) is -1.08. The highest BCUT2D eigenvalue weighted by molar-refractivity contribution is 8.01. The van der Waals surface area contributed by atoms with Gasteiger partial charge in [-0.1, -0.05) is 5.16 Å². The van der Waals surface area contributed by atoms with Crippen LogP contribution in [0, 0.1) is 0 Å². The molecule has 18 nitrogen and oxygen atoms in total. The van der Waals surface area contributed by atoms with Crippen LogP contribution in [0.3, 0.4) is 0 Å². The van der Waals surface area contributed by atoms with E-state index in [0.29, 0.717) is 11.4 Å². The van der Waals surface area contributed by atoms with E-state index in [1.54, 1.807) is 4.52 Å². The van der Waals surface area contributed by atoms with Crippen LogP contribution < -0.4 is 22.3 Å². The number of aliphatic hydroxyl groups is 1. The van der Waals surface area contributed by atoms with Crippen LogP contribution in [0.2, 0.25) is 0 Å². The zero-order chi connectivity index (χ0) is 33.6. The van der Waals surface area contributed by atoms with Crippen molar-refractivity contribution in [1.82, 2.24) is 40.2 Å². The molecule has 8 N–H and O–H groups in total. The zero-order valence-electron chi connectivity index (χ0n) is 24.9. The number of fused-ring (bicyclic) bond motifs is 3. The molecule has 3 aromatic rings. The second kappa shape index (κ2) is 12.7. The normalized spacial score (nSPS) is 19.4. The minimum Gasteiger partial charge on any atom is -0.477 e. The average molecular weight is 704 g/mol. The molecular weight excluding hydrogens is 675 g/mol. The van der Waals surface area contributed by atoms with Crippen molar-refractivity contribution in [3.05, 3.63) is 39.4 Å². The Kier molecular flexibility index (Phi) is 8.82. The van der Waals surface area contributed by atoms with Crippen molar-refractivity contribution in [3.8, 4) is 0 Å². The van der Waals surface area contributed by atoms with Crippen LogP contribution in [0.25, 0.3) is 5.78 Å². The Labute approximate surface area is 278 Å². The first kappa shape index (κ1) is 32.6. The van der Waals surface area contributed by atoms with Crippen LogP contribution in [0.1, 0.15) is 43.0 Å². The summed E-state index contributed by atoms with van der Waals surface area (Å²) < 4.78 is 1.57. The van der Waals surface area contributed by atoms with E-state index in [0.717, 1.165) is 46.9 Å². The number of amides is 3. The van der Waals surface area contributed by atoms with Crippen molar-refractivity contribution in [2.75, 3.05) is 17.2 Å². The average Bonchev–Trinajstić information content (AvgIpc) is 3.80. The van der Waals surface area contributed by atoms with Crippen LogP contribution in [0.15, 0.2) is 26.8 Å². The topological polar surface area (TPSA) is 266 Å². The van der Waals surface area contributed by atoms with Crippen LogP contribution >= 0.6 is 34.9 Å².